The Morgan fingerprint density at radius 2 is 1.03 bits per heavy atom. The van der Waals surface area contributed by atoms with Crippen LogP contribution < -0.4 is 0 Å². The van der Waals surface area contributed by atoms with Gasteiger partial charge in [-0.25, -0.2) is 15.0 Å². The van der Waals surface area contributed by atoms with Crippen molar-refractivity contribution < 1.29 is 0 Å². The molecule has 0 radical (unpaired) electrons. The Morgan fingerprint density at radius 1 is 0.476 bits per heavy atom. The first-order valence-electron chi connectivity index (χ1n) is 20.7. The highest BCUT2D eigenvalue weighted by Crippen LogP contribution is 2.44. The number of hydrogen-bond acceptors (Lipinski definition) is 4. The molecule has 0 amide bonds. The molecule has 0 spiro atoms. The molecule has 6 aromatic carbocycles. The van der Waals surface area contributed by atoms with E-state index in [1.807, 2.05) is 91.1 Å². The first kappa shape index (κ1) is 39.9. The number of para-hydroxylation sites is 2. The van der Waals surface area contributed by atoms with Crippen LogP contribution in [0.3, 0.4) is 0 Å². The average molecular weight is 810 g/mol. The molecule has 0 N–H and O–H groups in total. The highest BCUT2D eigenvalue weighted by Gasteiger charge is 2.22. The summed E-state index contributed by atoms with van der Waals surface area (Å²) in [5.41, 5.74) is 14.9. The van der Waals surface area contributed by atoms with Gasteiger partial charge in [0.15, 0.2) is 17.5 Å². The number of aromatic nitrogens is 5. The highest BCUT2D eigenvalue weighted by molar-refractivity contribution is 6.16. The molecule has 5 nitrogen and oxygen atoms in total. The van der Waals surface area contributed by atoms with Gasteiger partial charge in [-0.3, -0.25) is 4.98 Å². The molecular weight excluding hydrogens is 767 g/mol. The van der Waals surface area contributed by atoms with E-state index in [0.717, 1.165) is 83.5 Å². The van der Waals surface area contributed by atoms with E-state index in [0.29, 0.717) is 17.5 Å². The zero-order valence-corrected chi connectivity index (χ0v) is 34.8. The van der Waals surface area contributed by atoms with E-state index >= 15 is 0 Å². The lowest BCUT2D eigenvalue weighted by molar-refractivity contribution is 1.04. The van der Waals surface area contributed by atoms with Crippen LogP contribution in [0.2, 0.25) is 0 Å². The van der Waals surface area contributed by atoms with Crippen molar-refractivity contribution in [3.63, 3.8) is 0 Å². The minimum atomic E-state index is 0.509. The number of benzene rings is 6. The Hall–Kier alpha value is -8.54. The van der Waals surface area contributed by atoms with E-state index in [1.54, 1.807) is 12.4 Å². The number of allylic oxidation sites excluding steroid dienone is 4. The molecule has 0 aliphatic rings. The summed E-state index contributed by atoms with van der Waals surface area (Å²) in [4.78, 5) is 19.0. The largest absolute Gasteiger partial charge is 0.309 e. The van der Waals surface area contributed by atoms with Crippen molar-refractivity contribution in [1.82, 2.24) is 24.5 Å². The molecule has 0 aliphatic heterocycles. The third kappa shape index (κ3) is 7.38. The molecule has 9 aromatic rings. The van der Waals surface area contributed by atoms with Crippen LogP contribution in [0, 0.1) is 0 Å². The minimum absolute atomic E-state index is 0.509. The standard InChI is InChI=1S/C58H43N5/c1-6-39(40-35-37-59-38-36-40)23-19-30-55-60-57(41-21-13-11-14-22-41)62-58(61-55)51-34-33-48(45(9-4)46(51)10-5)47-31-32-49(44(8-3)43(47)7-2)50-27-20-29-54-56(50)52-26-17-18-28-53(52)63(54)42-24-15-12-16-25-42/h6-38H,1-5H2/b30-19+,39-23+. The molecule has 300 valence electrons. The molecule has 0 fully saturated rings. The molecule has 3 aromatic heterocycles. The number of pyridine rings is 1. The zero-order chi connectivity index (χ0) is 43.3. The van der Waals surface area contributed by atoms with Gasteiger partial charge in [0.05, 0.1) is 11.0 Å². The second kappa shape index (κ2) is 17.6. The van der Waals surface area contributed by atoms with Crippen LogP contribution >= 0.6 is 0 Å². The molecule has 0 saturated carbocycles. The summed E-state index contributed by atoms with van der Waals surface area (Å²) >= 11 is 0. The van der Waals surface area contributed by atoms with E-state index in [9.17, 15) is 0 Å². The quantitative estimate of drug-likeness (QED) is 0.109. The molecule has 5 heteroatoms. The van der Waals surface area contributed by atoms with Crippen molar-refractivity contribution in [1.29, 1.82) is 0 Å². The van der Waals surface area contributed by atoms with Gasteiger partial charge >= 0.3 is 0 Å². The Bertz CT molecular complexity index is 3300. The Morgan fingerprint density at radius 3 is 1.68 bits per heavy atom. The molecule has 0 aliphatic carbocycles. The maximum Gasteiger partial charge on any atom is 0.164 e. The van der Waals surface area contributed by atoms with Crippen LogP contribution in [-0.2, 0) is 0 Å². The molecule has 63 heavy (non-hydrogen) atoms. The third-order valence-electron chi connectivity index (χ3n) is 11.4. The number of fused-ring (bicyclic) bond motifs is 3. The van der Waals surface area contributed by atoms with Gasteiger partial charge in [0, 0.05) is 40.0 Å². The lowest BCUT2D eigenvalue weighted by Crippen LogP contribution is -2.02. The van der Waals surface area contributed by atoms with Crippen LogP contribution in [0.1, 0.15) is 33.6 Å². The van der Waals surface area contributed by atoms with Gasteiger partial charge in [0.1, 0.15) is 0 Å². The predicted octanol–water partition coefficient (Wildman–Crippen LogP) is 14.9. The van der Waals surface area contributed by atoms with E-state index in [2.05, 4.69) is 140 Å². The average Bonchev–Trinajstić information content (AvgIpc) is 3.69. The Labute approximate surface area is 368 Å². The summed E-state index contributed by atoms with van der Waals surface area (Å²) in [6, 6.07) is 48.0. The van der Waals surface area contributed by atoms with Crippen molar-refractivity contribution >= 4 is 57.8 Å². The number of hydrogen-bond donors (Lipinski definition) is 0. The van der Waals surface area contributed by atoms with Gasteiger partial charge in [-0.1, -0.05) is 172 Å². The summed E-state index contributed by atoms with van der Waals surface area (Å²) in [5.74, 6) is 1.59. The van der Waals surface area contributed by atoms with Gasteiger partial charge in [0.25, 0.3) is 0 Å². The van der Waals surface area contributed by atoms with E-state index in [4.69, 9.17) is 15.0 Å². The van der Waals surface area contributed by atoms with Gasteiger partial charge in [-0.15, -0.1) is 0 Å². The van der Waals surface area contributed by atoms with Crippen LogP contribution in [0.15, 0.2) is 203 Å². The summed E-state index contributed by atoms with van der Waals surface area (Å²) in [5, 5.41) is 2.36. The maximum absolute atomic E-state index is 5.03. The first-order chi connectivity index (χ1) is 31.1. The zero-order valence-electron chi connectivity index (χ0n) is 34.8. The molecule has 0 saturated heterocycles. The smallest absolute Gasteiger partial charge is 0.164 e. The molecule has 0 atom stereocenters. The number of nitrogens with zero attached hydrogens (tertiary/aromatic N) is 5. The summed E-state index contributed by atoms with van der Waals surface area (Å²) in [7, 11) is 0. The second-order valence-electron chi connectivity index (χ2n) is 14.8. The minimum Gasteiger partial charge on any atom is -0.309 e. The second-order valence-corrected chi connectivity index (χ2v) is 14.8. The van der Waals surface area contributed by atoms with Crippen LogP contribution in [0.25, 0.3) is 108 Å². The Kier molecular flexibility index (Phi) is 11.1. The highest BCUT2D eigenvalue weighted by atomic mass is 15.0. The summed E-state index contributed by atoms with van der Waals surface area (Å²) in [6.45, 7) is 21.3. The summed E-state index contributed by atoms with van der Waals surface area (Å²) < 4.78 is 2.34. The SMILES string of the molecule is C=C/C(=C\C=C\c1nc(-c2ccccc2)nc(-c2ccc(-c3ccc(-c4cccc5c4c4ccccc4n5-c4ccccc4)c(C=C)c3C=C)c(C=C)c2C=C)n1)c1ccncc1. The molecule has 0 unspecified atom stereocenters. The third-order valence-corrected chi connectivity index (χ3v) is 11.4. The van der Waals surface area contributed by atoms with Gasteiger partial charge in [-0.05, 0) is 104 Å². The van der Waals surface area contributed by atoms with Crippen LogP contribution in [0.4, 0.5) is 0 Å². The van der Waals surface area contributed by atoms with Crippen molar-refractivity contribution in [2.75, 3.05) is 0 Å². The van der Waals surface area contributed by atoms with Crippen LogP contribution in [-0.4, -0.2) is 24.5 Å². The van der Waals surface area contributed by atoms with Crippen molar-refractivity contribution in [3.8, 4) is 50.7 Å². The maximum atomic E-state index is 5.03. The van der Waals surface area contributed by atoms with Crippen LogP contribution in [0.5, 0.6) is 0 Å². The monoisotopic (exact) mass is 809 g/mol. The molecular formula is C58H43N5. The van der Waals surface area contributed by atoms with E-state index in [-0.39, 0.29) is 0 Å². The molecule has 3 heterocycles. The van der Waals surface area contributed by atoms with E-state index in [1.165, 1.54) is 10.8 Å². The lowest BCUT2D eigenvalue weighted by atomic mass is 9.84. The summed E-state index contributed by atoms with van der Waals surface area (Å²) in [6.07, 6.45) is 18.7. The van der Waals surface area contributed by atoms with Crippen molar-refractivity contribution in [2.45, 2.75) is 0 Å². The first-order valence-corrected chi connectivity index (χ1v) is 20.7. The fraction of sp³-hybridized carbons (Fsp3) is 0. The predicted molar refractivity (Wildman–Crippen MR) is 268 cm³/mol. The van der Waals surface area contributed by atoms with E-state index < -0.39 is 0 Å². The van der Waals surface area contributed by atoms with Crippen molar-refractivity contribution in [2.24, 2.45) is 0 Å². The molecule has 9 rings (SSSR count). The topological polar surface area (TPSA) is 56.5 Å². The fourth-order valence-corrected chi connectivity index (χ4v) is 8.52. The fourth-order valence-electron chi connectivity index (χ4n) is 8.52. The normalized spacial score (nSPS) is 11.5. The van der Waals surface area contributed by atoms with Gasteiger partial charge in [0.2, 0.25) is 0 Å². The molecule has 0 bridgehead atoms. The number of rotatable bonds is 13. The van der Waals surface area contributed by atoms with Gasteiger partial charge < -0.3 is 4.57 Å². The Balaban J connectivity index is 1.18. The van der Waals surface area contributed by atoms with Crippen molar-refractivity contribution in [3.05, 3.63) is 237 Å². The van der Waals surface area contributed by atoms with Gasteiger partial charge in [-0.2, -0.15) is 0 Å². The lowest BCUT2D eigenvalue weighted by Gasteiger charge is -2.19.